The summed E-state index contributed by atoms with van der Waals surface area (Å²) in [5, 5.41) is 60.8. The van der Waals surface area contributed by atoms with Gasteiger partial charge in [-0.05, 0) is 5.56 Å². The highest BCUT2D eigenvalue weighted by molar-refractivity contribution is 7.51. The van der Waals surface area contributed by atoms with Gasteiger partial charge in [0.2, 0.25) is 0 Å². The molecule has 2 aliphatic rings. The number of carboxylic acids is 3. The third-order valence-electron chi connectivity index (χ3n) is 11.4. The van der Waals surface area contributed by atoms with E-state index < -0.39 is 70.1 Å². The molecule has 2 saturated heterocycles. The molecule has 10 N–H and O–H groups in total. The number of aliphatic carboxylic acids is 3. The zero-order valence-electron chi connectivity index (χ0n) is 39.5. The van der Waals surface area contributed by atoms with Crippen LogP contribution in [0.2, 0.25) is 0 Å². The van der Waals surface area contributed by atoms with Crippen LogP contribution in [0.5, 0.6) is 0 Å². The molecular weight excluding hydrogens is 970 g/mol. The van der Waals surface area contributed by atoms with E-state index in [1.807, 2.05) is 35.2 Å². The fourth-order valence-electron chi connectivity index (χ4n) is 7.83. The van der Waals surface area contributed by atoms with E-state index in [0.29, 0.717) is 0 Å². The molecule has 70 heavy (non-hydrogen) atoms. The van der Waals surface area contributed by atoms with E-state index in [4.69, 9.17) is 14.2 Å². The maximum absolute atomic E-state index is 12.1. The van der Waals surface area contributed by atoms with Crippen LogP contribution in [-0.4, -0.2) is 308 Å². The molecule has 0 bridgehead atoms. The highest BCUT2D eigenvalue weighted by atomic mass is 31.2. The van der Waals surface area contributed by atoms with Crippen molar-refractivity contribution in [3.63, 3.8) is 0 Å². The molecular formula is C41H74N8O19P2. The first kappa shape index (κ1) is 61.0. The number of hydrogen-bond acceptors (Lipinski definition) is 18. The number of aliphatic hydroxyl groups excluding tert-OH is 2. The number of ether oxygens (including phenoxy) is 3. The topological polar surface area (TPSA) is 358 Å². The van der Waals surface area contributed by atoms with Crippen LogP contribution in [0.15, 0.2) is 30.3 Å². The molecule has 0 radical (unpaired) electrons. The van der Waals surface area contributed by atoms with Gasteiger partial charge in [0, 0.05) is 118 Å². The number of carboxylic acid groups (broad SMARTS) is 4. The van der Waals surface area contributed by atoms with Gasteiger partial charge in [0.1, 0.15) is 18.7 Å². The number of nitrogens with zero attached hydrogens (tertiary/aromatic N) is 8. The van der Waals surface area contributed by atoms with Gasteiger partial charge >= 0.3 is 39.2 Å². The summed E-state index contributed by atoms with van der Waals surface area (Å²) in [6, 6.07) is 9.30. The summed E-state index contributed by atoms with van der Waals surface area (Å²) in [6.45, 7) is 1.20. The zero-order valence-corrected chi connectivity index (χ0v) is 41.3. The second-order valence-electron chi connectivity index (χ2n) is 17.5. The number of hydrogen-bond donors (Lipinski definition) is 10. The van der Waals surface area contributed by atoms with Gasteiger partial charge < -0.3 is 69.3 Å². The SMILES string of the molecule is O=C(O)CN1CCN(CC(O)COCC(COCC(O)CN2CCN(CC(=O)O)CCN(CP(=O)(O)O)CCN(C(=O)O)CC2)OCc2ccccc2)CCN(CC(=O)O)CCN(CP(=O)(O)O)CC1. The highest BCUT2D eigenvalue weighted by Crippen LogP contribution is 2.35. The second-order valence-corrected chi connectivity index (χ2v) is 20.8. The molecule has 0 spiro atoms. The van der Waals surface area contributed by atoms with Crippen molar-refractivity contribution < 1.29 is 92.7 Å². The van der Waals surface area contributed by atoms with Gasteiger partial charge in [0.25, 0.3) is 0 Å². The van der Waals surface area contributed by atoms with Gasteiger partial charge in [0.05, 0.1) is 64.9 Å². The number of rotatable bonds is 25. The molecule has 0 aliphatic carbocycles. The van der Waals surface area contributed by atoms with Gasteiger partial charge in [0.15, 0.2) is 0 Å². The maximum atomic E-state index is 12.1. The number of amides is 1. The lowest BCUT2D eigenvalue weighted by Crippen LogP contribution is -2.49. The minimum absolute atomic E-state index is 0.00159. The molecule has 3 unspecified atom stereocenters. The van der Waals surface area contributed by atoms with Crippen LogP contribution >= 0.6 is 15.2 Å². The molecule has 0 aromatic heterocycles. The number of β-amino-alcohol motifs (C(OH)–C–C–N with tert-alkyl or cyclic N) is 2. The largest absolute Gasteiger partial charge is 0.480 e. The molecule has 2 aliphatic heterocycles. The van der Waals surface area contributed by atoms with Crippen LogP contribution in [0, 0.1) is 0 Å². The highest BCUT2D eigenvalue weighted by Gasteiger charge is 2.27. The smallest absolute Gasteiger partial charge is 0.407 e. The molecule has 1 aromatic rings. The van der Waals surface area contributed by atoms with Crippen molar-refractivity contribution in [2.45, 2.75) is 24.9 Å². The Hall–Kier alpha value is -3.28. The van der Waals surface area contributed by atoms with Crippen molar-refractivity contribution in [1.29, 1.82) is 0 Å². The van der Waals surface area contributed by atoms with Crippen LogP contribution in [0.4, 0.5) is 4.79 Å². The third kappa shape index (κ3) is 28.7. The standard InChI is InChI=1S/C41H74N8O19P2/c50-35(22-42-6-9-44(24-38(52)53)12-15-47(32-69(60,61)62)16-13-45(10-7-42)25-39(54)55)28-66-30-37(68-27-34-4-2-1-3-5-34)31-67-29-36(51)23-43-8-11-46(26-40(56)57)14-17-48(33-70(63,64)65)19-21-49(20-18-43)41(58)59/h1-5,35-37,50-51H,6-33H2,(H,52,53)(H,54,55)(H,56,57)(H,58,59)(H2,60,61,62)(H2,63,64,65). The Morgan fingerprint density at radius 1 is 0.486 bits per heavy atom. The molecule has 29 heteroatoms. The summed E-state index contributed by atoms with van der Waals surface area (Å²) >= 11 is 0. The van der Waals surface area contributed by atoms with E-state index in [9.17, 15) is 78.5 Å². The number of aliphatic hydroxyl groups is 2. The van der Waals surface area contributed by atoms with Crippen molar-refractivity contribution >= 4 is 39.2 Å². The average molecular weight is 1050 g/mol. The monoisotopic (exact) mass is 1040 g/mol. The Kier molecular flexibility index (Phi) is 27.9. The molecule has 1 amide bonds. The Bertz CT molecular complexity index is 1770. The van der Waals surface area contributed by atoms with Crippen LogP contribution in [-0.2, 0) is 44.3 Å². The molecule has 27 nitrogen and oxygen atoms in total. The van der Waals surface area contributed by atoms with Crippen LogP contribution in [0.25, 0.3) is 0 Å². The predicted molar refractivity (Wildman–Crippen MR) is 250 cm³/mol. The minimum Gasteiger partial charge on any atom is -0.480 e. The summed E-state index contributed by atoms with van der Waals surface area (Å²) in [5.41, 5.74) is 0.864. The fraction of sp³-hybridized carbons (Fsp3) is 0.756. The molecule has 3 rings (SSSR count). The van der Waals surface area contributed by atoms with Crippen molar-refractivity contribution in [2.75, 3.05) is 176 Å². The maximum Gasteiger partial charge on any atom is 0.407 e. The van der Waals surface area contributed by atoms with E-state index in [1.165, 1.54) is 9.80 Å². The first-order valence-corrected chi connectivity index (χ1v) is 26.6. The van der Waals surface area contributed by atoms with Crippen molar-refractivity contribution in [3.05, 3.63) is 35.9 Å². The number of benzene rings is 1. The summed E-state index contributed by atoms with van der Waals surface area (Å²) in [6.07, 6.45) is -5.22. The molecule has 3 atom stereocenters. The van der Waals surface area contributed by atoms with Crippen LogP contribution < -0.4 is 0 Å². The minimum atomic E-state index is -4.49. The van der Waals surface area contributed by atoms with E-state index in [-0.39, 0.29) is 170 Å². The molecule has 2 fully saturated rings. The summed E-state index contributed by atoms with van der Waals surface area (Å²) in [4.78, 5) is 98.1. The van der Waals surface area contributed by atoms with E-state index in [1.54, 1.807) is 19.6 Å². The van der Waals surface area contributed by atoms with Gasteiger partial charge in [-0.2, -0.15) is 0 Å². The van der Waals surface area contributed by atoms with Crippen molar-refractivity contribution in [3.8, 4) is 0 Å². The Morgan fingerprint density at radius 3 is 1.16 bits per heavy atom. The van der Waals surface area contributed by atoms with Crippen LogP contribution in [0.3, 0.4) is 0 Å². The van der Waals surface area contributed by atoms with E-state index in [0.717, 1.165) is 10.5 Å². The number of carbonyl (C=O) groups is 4. The Labute approximate surface area is 407 Å². The lowest BCUT2D eigenvalue weighted by molar-refractivity contribution is -0.139. The van der Waals surface area contributed by atoms with E-state index >= 15 is 0 Å². The molecule has 0 saturated carbocycles. The Morgan fingerprint density at radius 2 is 0.814 bits per heavy atom. The van der Waals surface area contributed by atoms with Crippen molar-refractivity contribution in [1.82, 2.24) is 39.2 Å². The zero-order chi connectivity index (χ0) is 51.7. The van der Waals surface area contributed by atoms with Crippen molar-refractivity contribution in [2.24, 2.45) is 0 Å². The summed E-state index contributed by atoms with van der Waals surface area (Å²) in [5.74, 6) is -3.28. The van der Waals surface area contributed by atoms with Gasteiger partial charge in [-0.3, -0.25) is 57.8 Å². The fourth-order valence-corrected chi connectivity index (χ4v) is 9.44. The second kappa shape index (κ2) is 32.0. The third-order valence-corrected chi connectivity index (χ3v) is 12.9. The predicted octanol–water partition coefficient (Wildman–Crippen LogP) is -3.03. The molecule has 1 aromatic carbocycles. The normalized spacial score (nSPS) is 20.1. The molecule has 2 heterocycles. The first-order valence-electron chi connectivity index (χ1n) is 23.0. The average Bonchev–Trinajstić information content (AvgIpc) is 3.25. The first-order chi connectivity index (χ1) is 33.0. The lowest BCUT2D eigenvalue weighted by atomic mass is 10.2. The lowest BCUT2D eigenvalue weighted by Gasteiger charge is -2.34. The molecule has 402 valence electrons. The van der Waals surface area contributed by atoms with Gasteiger partial charge in [-0.1, -0.05) is 30.3 Å². The van der Waals surface area contributed by atoms with E-state index in [2.05, 4.69) is 0 Å². The Balaban J connectivity index is 1.63. The van der Waals surface area contributed by atoms with Crippen LogP contribution in [0.1, 0.15) is 5.56 Å². The van der Waals surface area contributed by atoms with Gasteiger partial charge in [-0.15, -0.1) is 0 Å². The van der Waals surface area contributed by atoms with Gasteiger partial charge in [-0.25, -0.2) is 4.79 Å². The quantitative estimate of drug-likeness (QED) is 0.0436. The summed E-state index contributed by atoms with van der Waals surface area (Å²) < 4.78 is 41.6. The summed E-state index contributed by atoms with van der Waals surface area (Å²) in [7, 11) is -8.96.